The Labute approximate surface area is 177 Å². The van der Waals surface area contributed by atoms with E-state index in [1.165, 1.54) is 0 Å². The number of nitrogens with zero attached hydrogens (tertiary/aromatic N) is 1. The van der Waals surface area contributed by atoms with Crippen molar-refractivity contribution in [2.24, 2.45) is 0 Å². The number of sulfonamides is 1. The number of anilines is 1. The van der Waals surface area contributed by atoms with Gasteiger partial charge in [0.25, 0.3) is 0 Å². The normalized spacial score (nSPS) is 11.3. The Bertz CT molecular complexity index is 1110. The first kappa shape index (κ1) is 21.6. The number of rotatable bonds is 9. The van der Waals surface area contributed by atoms with Gasteiger partial charge in [-0.25, -0.2) is 8.42 Å². The van der Waals surface area contributed by atoms with Crippen molar-refractivity contribution in [3.05, 3.63) is 72.3 Å². The highest BCUT2D eigenvalue weighted by atomic mass is 32.2. The van der Waals surface area contributed by atoms with E-state index in [-0.39, 0.29) is 12.5 Å². The zero-order chi connectivity index (χ0) is 21.6. The van der Waals surface area contributed by atoms with Gasteiger partial charge in [-0.2, -0.15) is 0 Å². The van der Waals surface area contributed by atoms with Crippen LogP contribution in [-0.2, 0) is 21.2 Å². The molecule has 0 unspecified atom stereocenters. The van der Waals surface area contributed by atoms with Crippen molar-refractivity contribution in [3.8, 4) is 5.75 Å². The number of hydrogen-bond donors (Lipinski definition) is 1. The lowest BCUT2D eigenvalue weighted by atomic mass is 10.1. The van der Waals surface area contributed by atoms with E-state index in [0.717, 1.165) is 45.5 Å². The molecule has 0 atom stereocenters. The van der Waals surface area contributed by atoms with E-state index in [4.69, 9.17) is 4.74 Å². The van der Waals surface area contributed by atoms with Crippen molar-refractivity contribution in [1.82, 2.24) is 5.32 Å². The van der Waals surface area contributed by atoms with E-state index in [0.29, 0.717) is 12.2 Å². The summed E-state index contributed by atoms with van der Waals surface area (Å²) in [6.45, 7) is 0.216. The van der Waals surface area contributed by atoms with Gasteiger partial charge >= 0.3 is 0 Å². The van der Waals surface area contributed by atoms with E-state index in [1.54, 1.807) is 19.2 Å². The highest BCUT2D eigenvalue weighted by Crippen LogP contribution is 2.28. The molecule has 0 heterocycles. The zero-order valence-electron chi connectivity index (χ0n) is 17.2. The van der Waals surface area contributed by atoms with Crippen LogP contribution in [0.25, 0.3) is 10.8 Å². The van der Waals surface area contributed by atoms with E-state index in [2.05, 4.69) is 5.32 Å². The Morgan fingerprint density at radius 2 is 1.70 bits per heavy atom. The van der Waals surface area contributed by atoms with E-state index in [9.17, 15) is 13.2 Å². The number of benzene rings is 3. The number of methoxy groups -OCH3 is 1. The Balaban J connectivity index is 1.62. The number of carbonyl (C=O) groups is 1. The summed E-state index contributed by atoms with van der Waals surface area (Å²) in [4.78, 5) is 12.5. The van der Waals surface area contributed by atoms with Gasteiger partial charge in [0.2, 0.25) is 15.9 Å². The summed E-state index contributed by atoms with van der Waals surface area (Å²) in [5, 5.41) is 4.54. The second kappa shape index (κ2) is 9.63. The maximum absolute atomic E-state index is 12.5. The standard InChI is InChI=1S/C23H26N2O4S/c1-29-20-14-12-18(13-15-20)7-6-16-24-23(26)17-25(30(2,27)28)22-11-5-9-19-8-3-4-10-21(19)22/h3-5,8-15H,6-7,16-17H2,1-2H3,(H,24,26). The molecule has 6 nitrogen and oxygen atoms in total. The van der Waals surface area contributed by atoms with E-state index < -0.39 is 10.0 Å². The lowest BCUT2D eigenvalue weighted by Crippen LogP contribution is -2.40. The summed E-state index contributed by atoms with van der Waals surface area (Å²) in [6.07, 6.45) is 2.68. The molecular weight excluding hydrogens is 400 g/mol. The van der Waals surface area contributed by atoms with Gasteiger partial charge in [-0.1, -0.05) is 48.5 Å². The first-order valence-corrected chi connectivity index (χ1v) is 11.6. The van der Waals surface area contributed by atoms with Crippen molar-refractivity contribution >= 4 is 32.4 Å². The Kier molecular flexibility index (Phi) is 6.95. The second-order valence-corrected chi connectivity index (χ2v) is 8.98. The number of ether oxygens (including phenoxy) is 1. The van der Waals surface area contributed by atoms with Crippen LogP contribution in [0.5, 0.6) is 5.75 Å². The minimum Gasteiger partial charge on any atom is -0.497 e. The molecule has 3 rings (SSSR count). The van der Waals surface area contributed by atoms with Gasteiger partial charge in [-0.05, 0) is 42.0 Å². The third kappa shape index (κ3) is 5.51. The van der Waals surface area contributed by atoms with Gasteiger partial charge in [0.1, 0.15) is 12.3 Å². The Morgan fingerprint density at radius 3 is 2.40 bits per heavy atom. The molecule has 0 saturated heterocycles. The van der Waals surface area contributed by atoms with Crippen LogP contribution >= 0.6 is 0 Å². The van der Waals surface area contributed by atoms with Gasteiger partial charge in [0.05, 0.1) is 19.1 Å². The number of carbonyl (C=O) groups excluding carboxylic acids is 1. The van der Waals surface area contributed by atoms with Crippen molar-refractivity contribution in [2.75, 3.05) is 30.8 Å². The van der Waals surface area contributed by atoms with Crippen molar-refractivity contribution < 1.29 is 17.9 Å². The molecule has 0 saturated carbocycles. The van der Waals surface area contributed by atoms with Gasteiger partial charge in [-0.15, -0.1) is 0 Å². The third-order valence-corrected chi connectivity index (χ3v) is 5.97. The molecule has 0 aliphatic carbocycles. The van der Waals surface area contributed by atoms with Crippen molar-refractivity contribution in [3.63, 3.8) is 0 Å². The summed E-state index contributed by atoms with van der Waals surface area (Å²) < 4.78 is 31.1. The average molecular weight is 427 g/mol. The quantitative estimate of drug-likeness (QED) is 0.533. The summed E-state index contributed by atoms with van der Waals surface area (Å²) >= 11 is 0. The van der Waals surface area contributed by atoms with Crippen LogP contribution in [0.2, 0.25) is 0 Å². The van der Waals surface area contributed by atoms with Crippen molar-refractivity contribution in [1.29, 1.82) is 0 Å². The van der Waals surface area contributed by atoms with Gasteiger partial charge in [-0.3, -0.25) is 9.10 Å². The molecule has 3 aromatic carbocycles. The summed E-state index contributed by atoms with van der Waals surface area (Å²) in [6, 6.07) is 20.7. The predicted molar refractivity (Wildman–Crippen MR) is 120 cm³/mol. The average Bonchev–Trinajstić information content (AvgIpc) is 2.74. The van der Waals surface area contributed by atoms with Crippen LogP contribution in [0.1, 0.15) is 12.0 Å². The molecule has 3 aromatic rings. The monoisotopic (exact) mass is 426 g/mol. The van der Waals surface area contributed by atoms with Gasteiger partial charge < -0.3 is 10.1 Å². The summed E-state index contributed by atoms with van der Waals surface area (Å²) in [5.74, 6) is 0.476. The van der Waals surface area contributed by atoms with Gasteiger partial charge in [0, 0.05) is 11.9 Å². The van der Waals surface area contributed by atoms with Crippen LogP contribution in [0.4, 0.5) is 5.69 Å². The molecule has 0 radical (unpaired) electrons. The molecule has 0 spiro atoms. The summed E-state index contributed by atoms with van der Waals surface area (Å²) in [5.41, 5.74) is 1.66. The highest BCUT2D eigenvalue weighted by Gasteiger charge is 2.22. The fourth-order valence-electron chi connectivity index (χ4n) is 3.31. The zero-order valence-corrected chi connectivity index (χ0v) is 18.0. The minimum atomic E-state index is -3.62. The SMILES string of the molecule is COc1ccc(CCCNC(=O)CN(c2cccc3ccccc23)S(C)(=O)=O)cc1. The number of hydrogen-bond acceptors (Lipinski definition) is 4. The molecule has 0 fully saturated rings. The smallest absolute Gasteiger partial charge is 0.240 e. The molecule has 1 N–H and O–H groups in total. The maximum atomic E-state index is 12.5. The first-order chi connectivity index (χ1) is 14.4. The lowest BCUT2D eigenvalue weighted by Gasteiger charge is -2.23. The van der Waals surface area contributed by atoms with Crippen molar-refractivity contribution in [2.45, 2.75) is 12.8 Å². The largest absolute Gasteiger partial charge is 0.497 e. The molecular formula is C23H26N2O4S. The number of amides is 1. The van der Waals surface area contributed by atoms with Crippen LogP contribution in [-0.4, -0.2) is 40.8 Å². The number of nitrogens with one attached hydrogen (secondary N) is 1. The third-order valence-electron chi connectivity index (χ3n) is 4.85. The second-order valence-electron chi connectivity index (χ2n) is 7.07. The topological polar surface area (TPSA) is 75.7 Å². The highest BCUT2D eigenvalue weighted by molar-refractivity contribution is 7.92. The fourth-order valence-corrected chi connectivity index (χ4v) is 4.17. The number of fused-ring (bicyclic) bond motifs is 1. The lowest BCUT2D eigenvalue weighted by molar-refractivity contribution is -0.119. The number of aryl methyl sites for hydroxylation is 1. The van der Waals surface area contributed by atoms with Gasteiger partial charge in [0.15, 0.2) is 0 Å². The van der Waals surface area contributed by atoms with Crippen LogP contribution in [0, 0.1) is 0 Å². The first-order valence-electron chi connectivity index (χ1n) is 9.73. The molecule has 0 aliphatic rings. The Hall–Kier alpha value is -3.06. The van der Waals surface area contributed by atoms with E-state index in [1.807, 2.05) is 54.6 Å². The molecule has 30 heavy (non-hydrogen) atoms. The van der Waals surface area contributed by atoms with Crippen LogP contribution < -0.4 is 14.4 Å². The van der Waals surface area contributed by atoms with E-state index >= 15 is 0 Å². The molecule has 0 aromatic heterocycles. The molecule has 0 bridgehead atoms. The van der Waals surface area contributed by atoms with Crippen LogP contribution in [0.15, 0.2) is 66.7 Å². The van der Waals surface area contributed by atoms with Crippen LogP contribution in [0.3, 0.4) is 0 Å². The summed E-state index contributed by atoms with van der Waals surface area (Å²) in [7, 11) is -2.00. The maximum Gasteiger partial charge on any atom is 0.240 e. The molecule has 0 aliphatic heterocycles. The molecule has 7 heteroatoms. The minimum absolute atomic E-state index is 0.255. The fraction of sp³-hybridized carbons (Fsp3) is 0.261. The molecule has 1 amide bonds. The Morgan fingerprint density at radius 1 is 1.00 bits per heavy atom. The molecule has 158 valence electrons. The predicted octanol–water partition coefficient (Wildman–Crippen LogP) is 3.36.